The van der Waals surface area contributed by atoms with Crippen LogP contribution in [0, 0.1) is 0 Å². The van der Waals surface area contributed by atoms with E-state index in [0.29, 0.717) is 6.42 Å². The van der Waals surface area contributed by atoms with E-state index < -0.39 is 5.97 Å². The molecule has 0 rings (SSSR count). The monoisotopic (exact) mass is 295 g/mol. The van der Waals surface area contributed by atoms with Gasteiger partial charge in [0.1, 0.15) is 0 Å². The van der Waals surface area contributed by atoms with Gasteiger partial charge in [0.25, 0.3) is 0 Å². The van der Waals surface area contributed by atoms with Gasteiger partial charge in [-0.05, 0) is 6.42 Å². The highest BCUT2D eigenvalue weighted by Gasteiger charge is 1.96. The van der Waals surface area contributed by atoms with Crippen molar-refractivity contribution in [1.82, 2.24) is 0 Å². The van der Waals surface area contributed by atoms with E-state index in [2.05, 4.69) is 28.1 Å². The minimum absolute atomic E-state index is 0. The van der Waals surface area contributed by atoms with Crippen molar-refractivity contribution in [2.45, 2.75) is 71.1 Å². The van der Waals surface area contributed by atoms with E-state index in [1.54, 1.807) is 0 Å². The molecule has 0 atom stereocenters. The van der Waals surface area contributed by atoms with Crippen LogP contribution in [0.25, 0.3) is 0 Å². The summed E-state index contributed by atoms with van der Waals surface area (Å²) in [5.74, 6) is -0.659. The predicted octanol–water partition coefficient (Wildman–Crippen LogP) is -0.243. The molecule has 0 fully saturated rings. The highest BCUT2D eigenvalue weighted by molar-refractivity contribution is 5.66. The number of quaternary nitrogens is 1. The number of aliphatic carboxylic acids is 1. The molecule has 0 saturated heterocycles. The first-order valence-electron chi connectivity index (χ1n) is 7.49. The van der Waals surface area contributed by atoms with Gasteiger partial charge in [-0.2, -0.15) is 0 Å². The Morgan fingerprint density at radius 2 is 1.16 bits per heavy atom. The van der Waals surface area contributed by atoms with Crippen LogP contribution < -0.4 is 17.3 Å². The second-order valence-electron chi connectivity index (χ2n) is 5.47. The highest BCUT2D eigenvalue weighted by atomic mass is 35.5. The van der Waals surface area contributed by atoms with E-state index >= 15 is 0 Å². The third-order valence-electron chi connectivity index (χ3n) is 2.49. The topological polar surface area (TPSA) is 41.7 Å². The molecule has 0 aliphatic heterocycles. The van der Waals surface area contributed by atoms with Crippen LogP contribution in [-0.2, 0) is 4.79 Å². The van der Waals surface area contributed by atoms with Gasteiger partial charge in [0.05, 0.1) is 21.1 Å². The van der Waals surface area contributed by atoms with E-state index in [1.807, 2.05) is 0 Å². The quantitative estimate of drug-likeness (QED) is 0.546. The molecule has 118 valence electrons. The average Bonchev–Trinajstić information content (AvgIpc) is 2.26. The van der Waals surface area contributed by atoms with Crippen molar-refractivity contribution in [2.24, 2.45) is 0 Å². The van der Waals surface area contributed by atoms with Gasteiger partial charge in [-0.3, -0.25) is 4.79 Å². The van der Waals surface area contributed by atoms with Gasteiger partial charge in [-0.15, -0.1) is 0 Å². The summed E-state index contributed by atoms with van der Waals surface area (Å²) in [6.07, 6.45) is 11.5. The minimum Gasteiger partial charge on any atom is -1.00 e. The number of rotatable bonds is 10. The molecule has 0 spiro atoms. The molecule has 3 nitrogen and oxygen atoms in total. The summed E-state index contributed by atoms with van der Waals surface area (Å²) in [5, 5.41) is 8.41. The van der Waals surface area contributed by atoms with Gasteiger partial charge < -0.3 is 22.4 Å². The summed E-state index contributed by atoms with van der Waals surface area (Å²) < 4.78 is 0. The maximum atomic E-state index is 10.2. The third kappa shape index (κ3) is 38.1. The first-order valence-corrected chi connectivity index (χ1v) is 7.49. The van der Waals surface area contributed by atoms with Gasteiger partial charge in [0, 0.05) is 6.42 Å². The fraction of sp³-hybridized carbons (Fsp3) is 0.933. The van der Waals surface area contributed by atoms with Crippen molar-refractivity contribution in [3.8, 4) is 0 Å². The Bertz CT molecular complexity index is 173. The van der Waals surface area contributed by atoms with Crippen LogP contribution in [0.1, 0.15) is 71.1 Å². The molecule has 0 unspecified atom stereocenters. The van der Waals surface area contributed by atoms with Crippen molar-refractivity contribution >= 4 is 5.97 Å². The maximum Gasteiger partial charge on any atom is 0.303 e. The molecule has 2 N–H and O–H groups in total. The Morgan fingerprint density at radius 1 is 0.842 bits per heavy atom. The molecule has 0 aromatic rings. The molecular formula is C15H34ClNO2. The lowest BCUT2D eigenvalue weighted by atomic mass is 10.1. The van der Waals surface area contributed by atoms with Crippen molar-refractivity contribution < 1.29 is 27.2 Å². The molecule has 0 aliphatic rings. The van der Waals surface area contributed by atoms with E-state index in [9.17, 15) is 4.79 Å². The van der Waals surface area contributed by atoms with Crippen molar-refractivity contribution in [1.29, 1.82) is 0 Å². The van der Waals surface area contributed by atoms with Gasteiger partial charge in [-0.1, -0.05) is 58.3 Å². The van der Waals surface area contributed by atoms with Gasteiger partial charge in [-0.25, -0.2) is 0 Å². The standard InChI is InChI=1S/C12H24O2.C3H9N.ClH/c1-2-3-4-5-6-7-8-9-10-11-12(13)14;1-4(2)3;/h2-11H2,1H3,(H,13,14);1-3H3;1H. The zero-order valence-corrected chi connectivity index (χ0v) is 14.1. The van der Waals surface area contributed by atoms with E-state index in [4.69, 9.17) is 5.11 Å². The molecule has 0 aromatic carbocycles. The molecule has 0 aliphatic carbocycles. The zero-order valence-electron chi connectivity index (χ0n) is 13.3. The van der Waals surface area contributed by atoms with Crippen LogP contribution in [-0.4, -0.2) is 32.2 Å². The molecule has 0 bridgehead atoms. The van der Waals surface area contributed by atoms with Crippen LogP contribution in [0.5, 0.6) is 0 Å². The molecule has 0 radical (unpaired) electrons. The average molecular weight is 296 g/mol. The summed E-state index contributed by atoms with van der Waals surface area (Å²) in [7, 11) is 6.25. The Hall–Kier alpha value is -0.280. The summed E-state index contributed by atoms with van der Waals surface area (Å²) in [6, 6.07) is 0. The van der Waals surface area contributed by atoms with Crippen LogP contribution in [0.2, 0.25) is 0 Å². The Morgan fingerprint density at radius 3 is 1.47 bits per heavy atom. The van der Waals surface area contributed by atoms with E-state index in [1.165, 1.54) is 49.8 Å². The largest absolute Gasteiger partial charge is 1.00 e. The Kier molecular flexibility index (Phi) is 25.1. The first kappa shape index (κ1) is 23.8. The minimum atomic E-state index is -0.659. The van der Waals surface area contributed by atoms with Crippen molar-refractivity contribution in [3.63, 3.8) is 0 Å². The second-order valence-corrected chi connectivity index (χ2v) is 5.47. The number of carbonyl (C=O) groups is 1. The normalized spacial score (nSPS) is 9.53. The molecule has 0 saturated carbocycles. The summed E-state index contributed by atoms with van der Waals surface area (Å²) in [5.41, 5.74) is 0. The summed E-state index contributed by atoms with van der Waals surface area (Å²) in [4.78, 5) is 11.6. The molecule has 0 amide bonds. The lowest BCUT2D eigenvalue weighted by Gasteiger charge is -2.00. The van der Waals surface area contributed by atoms with Gasteiger partial charge in [0.15, 0.2) is 0 Å². The number of hydrogen-bond donors (Lipinski definition) is 2. The highest BCUT2D eigenvalue weighted by Crippen LogP contribution is 2.10. The molecule has 19 heavy (non-hydrogen) atoms. The van der Waals surface area contributed by atoms with Crippen LogP contribution >= 0.6 is 0 Å². The zero-order chi connectivity index (χ0) is 14.2. The lowest BCUT2D eigenvalue weighted by molar-refractivity contribution is -0.836. The van der Waals surface area contributed by atoms with E-state index in [-0.39, 0.29) is 12.4 Å². The predicted molar refractivity (Wildman–Crippen MR) is 78.2 cm³/mol. The third-order valence-corrected chi connectivity index (χ3v) is 2.49. The Labute approximate surface area is 126 Å². The molecule has 4 heteroatoms. The van der Waals surface area contributed by atoms with Gasteiger partial charge in [0.2, 0.25) is 0 Å². The van der Waals surface area contributed by atoms with E-state index in [0.717, 1.165) is 12.8 Å². The first-order chi connectivity index (χ1) is 8.50. The van der Waals surface area contributed by atoms with Crippen molar-refractivity contribution in [2.75, 3.05) is 21.1 Å². The second kappa shape index (κ2) is 20.0. The van der Waals surface area contributed by atoms with Crippen LogP contribution in [0.3, 0.4) is 0 Å². The fourth-order valence-electron chi connectivity index (χ4n) is 1.59. The molecule has 0 aromatic heterocycles. The molecule has 0 heterocycles. The number of hydrogen-bond acceptors (Lipinski definition) is 1. The van der Waals surface area contributed by atoms with Gasteiger partial charge >= 0.3 is 5.97 Å². The van der Waals surface area contributed by atoms with Crippen LogP contribution in [0.15, 0.2) is 0 Å². The molecular weight excluding hydrogens is 262 g/mol. The fourth-order valence-corrected chi connectivity index (χ4v) is 1.59. The smallest absolute Gasteiger partial charge is 0.303 e. The number of carboxylic acid groups (broad SMARTS) is 1. The Balaban J connectivity index is -0.000000448. The SMILES string of the molecule is CCCCCCCCCCCC(=O)O.C[NH+](C)C.[Cl-]. The van der Waals surface area contributed by atoms with Crippen LogP contribution in [0.4, 0.5) is 0 Å². The summed E-state index contributed by atoms with van der Waals surface area (Å²) >= 11 is 0. The lowest BCUT2D eigenvalue weighted by Crippen LogP contribution is -3.02. The number of unbranched alkanes of at least 4 members (excludes halogenated alkanes) is 8. The number of halogens is 1. The maximum absolute atomic E-state index is 10.2. The number of nitrogens with one attached hydrogen (secondary N) is 1. The number of carboxylic acids is 1. The van der Waals surface area contributed by atoms with Crippen molar-refractivity contribution in [3.05, 3.63) is 0 Å². The summed E-state index contributed by atoms with van der Waals surface area (Å²) in [6.45, 7) is 2.23.